The molecule has 0 aliphatic heterocycles. The van der Waals surface area contributed by atoms with Crippen molar-refractivity contribution in [3.63, 3.8) is 0 Å². The maximum absolute atomic E-state index is 5.12. The SMILES string of the molecule is Cn1c(-c2cncc(-c3c4ccccc4c(-c4cc5ccccc5c5ccccc45)c4ccccc34)c2)nc2ccc3ccccc3c21. The van der Waals surface area contributed by atoms with E-state index in [1.54, 1.807) is 0 Å². The van der Waals surface area contributed by atoms with Gasteiger partial charge in [-0.2, -0.15) is 0 Å². The number of fused-ring (bicyclic) bond motifs is 8. The summed E-state index contributed by atoms with van der Waals surface area (Å²) in [5, 5.41) is 12.3. The Morgan fingerprint density at radius 3 is 1.69 bits per heavy atom. The quantitative estimate of drug-likeness (QED) is 0.147. The van der Waals surface area contributed by atoms with E-state index < -0.39 is 0 Å². The summed E-state index contributed by atoms with van der Waals surface area (Å²) in [6.07, 6.45) is 3.94. The topological polar surface area (TPSA) is 30.7 Å². The maximum atomic E-state index is 5.12. The fraction of sp³-hybridized carbons (Fsp3) is 0.0222. The molecule has 48 heavy (non-hydrogen) atoms. The Labute approximate surface area is 277 Å². The number of hydrogen-bond acceptors (Lipinski definition) is 2. The monoisotopic (exact) mass is 611 g/mol. The number of hydrogen-bond donors (Lipinski definition) is 0. The van der Waals surface area contributed by atoms with Crippen LogP contribution in [0.1, 0.15) is 0 Å². The maximum Gasteiger partial charge on any atom is 0.142 e. The van der Waals surface area contributed by atoms with Crippen LogP contribution in [0.4, 0.5) is 0 Å². The molecule has 0 unspecified atom stereocenters. The zero-order chi connectivity index (χ0) is 31.8. The number of benzene rings is 8. The van der Waals surface area contributed by atoms with Crippen LogP contribution in [0.2, 0.25) is 0 Å². The Balaban J connectivity index is 1.26. The fourth-order valence-electron chi connectivity index (χ4n) is 7.93. The standard InChI is InChI=1S/C45H29N3/c1-48-44-33-15-5-2-12-28(33)22-23-41(44)47-45(48)31-24-30(26-46-27-31)42-36-18-8-10-20-38(36)43(39-21-11-9-19-37(39)42)40-25-29-13-3-4-14-32(29)34-16-6-7-17-35(34)40/h2-27H,1H3. The molecule has 2 heterocycles. The molecule has 2 aromatic heterocycles. The highest BCUT2D eigenvalue weighted by atomic mass is 15.1. The number of pyridine rings is 1. The van der Waals surface area contributed by atoms with Gasteiger partial charge in [0.2, 0.25) is 0 Å². The van der Waals surface area contributed by atoms with Crippen LogP contribution >= 0.6 is 0 Å². The predicted molar refractivity (Wildman–Crippen MR) is 202 cm³/mol. The average molecular weight is 612 g/mol. The van der Waals surface area contributed by atoms with Crippen LogP contribution in [0.5, 0.6) is 0 Å². The van der Waals surface area contributed by atoms with Crippen molar-refractivity contribution in [3.8, 4) is 33.6 Å². The van der Waals surface area contributed by atoms with Gasteiger partial charge in [0.25, 0.3) is 0 Å². The lowest BCUT2D eigenvalue weighted by molar-refractivity contribution is 0.961. The summed E-state index contributed by atoms with van der Waals surface area (Å²) in [6, 6.07) is 52.7. The first-order valence-electron chi connectivity index (χ1n) is 16.4. The van der Waals surface area contributed by atoms with Crippen molar-refractivity contribution in [1.29, 1.82) is 0 Å². The summed E-state index contributed by atoms with van der Waals surface area (Å²) >= 11 is 0. The Morgan fingerprint density at radius 2 is 0.979 bits per heavy atom. The van der Waals surface area contributed by atoms with Crippen LogP contribution < -0.4 is 0 Å². The summed E-state index contributed by atoms with van der Waals surface area (Å²) in [5.74, 6) is 0.906. The molecule has 0 saturated heterocycles. The molecule has 10 rings (SSSR count). The Hall–Kier alpha value is -6.32. The first-order valence-corrected chi connectivity index (χ1v) is 16.4. The molecule has 0 aliphatic rings. The third-order valence-corrected chi connectivity index (χ3v) is 10.0. The minimum atomic E-state index is 0.906. The van der Waals surface area contributed by atoms with E-state index in [4.69, 9.17) is 9.97 Å². The zero-order valence-electron chi connectivity index (χ0n) is 26.4. The summed E-state index contributed by atoms with van der Waals surface area (Å²) in [4.78, 5) is 9.95. The number of aromatic nitrogens is 3. The van der Waals surface area contributed by atoms with Crippen molar-refractivity contribution in [2.24, 2.45) is 7.05 Å². The second-order valence-electron chi connectivity index (χ2n) is 12.6. The number of aryl methyl sites for hydroxylation is 1. The van der Waals surface area contributed by atoms with Crippen LogP contribution in [-0.4, -0.2) is 14.5 Å². The third kappa shape index (κ3) is 3.88. The van der Waals surface area contributed by atoms with Crippen molar-refractivity contribution in [3.05, 3.63) is 158 Å². The van der Waals surface area contributed by atoms with E-state index in [1.165, 1.54) is 70.6 Å². The van der Waals surface area contributed by atoms with E-state index in [0.717, 1.165) is 28.0 Å². The smallest absolute Gasteiger partial charge is 0.142 e. The lowest BCUT2D eigenvalue weighted by Gasteiger charge is -2.19. The molecule has 3 nitrogen and oxygen atoms in total. The van der Waals surface area contributed by atoms with Gasteiger partial charge in [-0.05, 0) is 83.4 Å². The minimum Gasteiger partial charge on any atom is -0.327 e. The molecular formula is C45H29N3. The van der Waals surface area contributed by atoms with E-state index >= 15 is 0 Å². The Morgan fingerprint density at radius 1 is 0.438 bits per heavy atom. The van der Waals surface area contributed by atoms with Crippen LogP contribution in [0.25, 0.3) is 98.5 Å². The fourth-order valence-corrected chi connectivity index (χ4v) is 7.93. The second-order valence-corrected chi connectivity index (χ2v) is 12.6. The van der Waals surface area contributed by atoms with Crippen molar-refractivity contribution >= 4 is 64.9 Å². The highest BCUT2D eigenvalue weighted by Gasteiger charge is 2.20. The zero-order valence-corrected chi connectivity index (χ0v) is 26.4. The summed E-state index contributed by atoms with van der Waals surface area (Å²) in [5.41, 5.74) is 7.89. The highest BCUT2D eigenvalue weighted by Crippen LogP contribution is 2.46. The van der Waals surface area contributed by atoms with Gasteiger partial charge in [0.15, 0.2) is 0 Å². The molecular weight excluding hydrogens is 583 g/mol. The number of rotatable bonds is 3. The van der Waals surface area contributed by atoms with Crippen LogP contribution in [0.3, 0.4) is 0 Å². The first-order chi connectivity index (χ1) is 23.7. The lowest BCUT2D eigenvalue weighted by atomic mass is 9.84. The van der Waals surface area contributed by atoms with Gasteiger partial charge in [0.1, 0.15) is 5.82 Å². The van der Waals surface area contributed by atoms with Gasteiger partial charge in [0, 0.05) is 36.0 Å². The van der Waals surface area contributed by atoms with E-state index in [2.05, 4.69) is 157 Å². The molecule has 0 radical (unpaired) electrons. The molecule has 0 bridgehead atoms. The van der Waals surface area contributed by atoms with Gasteiger partial charge in [-0.15, -0.1) is 0 Å². The molecule has 0 spiro atoms. The van der Waals surface area contributed by atoms with Gasteiger partial charge in [-0.25, -0.2) is 4.98 Å². The van der Waals surface area contributed by atoms with Crippen LogP contribution in [0, 0.1) is 0 Å². The molecule has 0 fully saturated rings. The van der Waals surface area contributed by atoms with Crippen molar-refractivity contribution < 1.29 is 0 Å². The molecule has 0 amide bonds. The van der Waals surface area contributed by atoms with Crippen LogP contribution in [0.15, 0.2) is 158 Å². The van der Waals surface area contributed by atoms with Gasteiger partial charge in [-0.1, -0.05) is 127 Å². The van der Waals surface area contributed by atoms with Gasteiger partial charge >= 0.3 is 0 Å². The molecule has 0 saturated carbocycles. The molecule has 10 aromatic rings. The highest BCUT2D eigenvalue weighted by molar-refractivity contribution is 6.25. The molecule has 8 aromatic carbocycles. The van der Waals surface area contributed by atoms with E-state index in [1.807, 2.05) is 12.4 Å². The van der Waals surface area contributed by atoms with E-state index in [0.29, 0.717) is 0 Å². The van der Waals surface area contributed by atoms with Gasteiger partial charge in [-0.3, -0.25) is 4.98 Å². The predicted octanol–water partition coefficient (Wildman–Crippen LogP) is 11.7. The summed E-state index contributed by atoms with van der Waals surface area (Å²) in [6.45, 7) is 0. The molecule has 0 N–H and O–H groups in total. The third-order valence-electron chi connectivity index (χ3n) is 10.0. The Kier molecular flexibility index (Phi) is 5.79. The molecule has 3 heteroatoms. The summed E-state index contributed by atoms with van der Waals surface area (Å²) in [7, 11) is 2.11. The van der Waals surface area contributed by atoms with Gasteiger partial charge in [0.05, 0.1) is 11.0 Å². The van der Waals surface area contributed by atoms with Crippen molar-refractivity contribution in [2.45, 2.75) is 0 Å². The largest absolute Gasteiger partial charge is 0.327 e. The average Bonchev–Trinajstić information content (AvgIpc) is 3.50. The normalized spacial score (nSPS) is 11.9. The molecule has 0 atom stereocenters. The Bertz CT molecular complexity index is 2860. The lowest BCUT2D eigenvalue weighted by Crippen LogP contribution is -1.95. The minimum absolute atomic E-state index is 0.906. The second kappa shape index (κ2) is 10.3. The van der Waals surface area contributed by atoms with Crippen LogP contribution in [-0.2, 0) is 7.05 Å². The number of nitrogens with zero attached hydrogens (tertiary/aromatic N) is 3. The van der Waals surface area contributed by atoms with E-state index in [9.17, 15) is 0 Å². The van der Waals surface area contributed by atoms with Crippen molar-refractivity contribution in [1.82, 2.24) is 14.5 Å². The van der Waals surface area contributed by atoms with Crippen molar-refractivity contribution in [2.75, 3.05) is 0 Å². The van der Waals surface area contributed by atoms with E-state index in [-0.39, 0.29) is 0 Å². The molecule has 224 valence electrons. The van der Waals surface area contributed by atoms with Gasteiger partial charge < -0.3 is 4.57 Å². The number of imidazole rings is 1. The summed E-state index contributed by atoms with van der Waals surface area (Å²) < 4.78 is 2.21. The first kappa shape index (κ1) is 26.9. The molecule has 0 aliphatic carbocycles.